The molecule has 2 aromatic rings. The normalized spacial score (nSPS) is 25.3. The monoisotopic (exact) mass is 394 g/mol. The van der Waals surface area contributed by atoms with Crippen molar-refractivity contribution in [2.75, 3.05) is 13.1 Å². The third kappa shape index (κ3) is 4.27. The number of benzene rings is 2. The summed E-state index contributed by atoms with van der Waals surface area (Å²) in [6.07, 6.45) is 2.31. The molecule has 3 heterocycles. The lowest BCUT2D eigenvalue weighted by atomic mass is 9.79. The molecule has 2 aromatic carbocycles. The van der Waals surface area contributed by atoms with Crippen LogP contribution >= 0.6 is 0 Å². The molecule has 3 fully saturated rings. The minimum Gasteiger partial charge on any atom is -0.453 e. The third-order valence-electron chi connectivity index (χ3n) is 5.92. The van der Waals surface area contributed by atoms with Gasteiger partial charge in [-0.3, -0.25) is 14.5 Å². The first kappa shape index (κ1) is 19.5. The summed E-state index contributed by atoms with van der Waals surface area (Å²) in [4.78, 5) is 26.5. The predicted molar refractivity (Wildman–Crippen MR) is 109 cm³/mol. The molecule has 1 N–H and O–H groups in total. The number of rotatable bonds is 5. The van der Waals surface area contributed by atoms with Gasteiger partial charge in [-0.15, -0.1) is 0 Å². The molecular formula is C23H26N2O4. The van der Waals surface area contributed by atoms with Crippen molar-refractivity contribution in [3.05, 3.63) is 54.1 Å². The summed E-state index contributed by atoms with van der Waals surface area (Å²) < 4.78 is 11.0. The molecule has 0 radical (unpaired) electrons. The second kappa shape index (κ2) is 8.25. The van der Waals surface area contributed by atoms with Crippen molar-refractivity contribution in [3.8, 4) is 17.2 Å². The third-order valence-corrected chi connectivity index (χ3v) is 5.92. The fourth-order valence-electron chi connectivity index (χ4n) is 4.35. The number of hydrogen-bond acceptors (Lipinski definition) is 5. The highest BCUT2D eigenvalue weighted by Gasteiger charge is 2.40. The van der Waals surface area contributed by atoms with Gasteiger partial charge in [0.15, 0.2) is 11.5 Å². The second-order valence-electron chi connectivity index (χ2n) is 7.78. The number of nitrogens with one attached hydrogen (secondary N) is 1. The molecule has 2 atom stereocenters. The number of amides is 1. The van der Waals surface area contributed by atoms with Crippen LogP contribution in [0.4, 0.5) is 0 Å². The minimum absolute atomic E-state index is 0.0533. The molecule has 0 aliphatic carbocycles. The first-order valence-electron chi connectivity index (χ1n) is 10.1. The Morgan fingerprint density at radius 1 is 1.00 bits per heavy atom. The van der Waals surface area contributed by atoms with Gasteiger partial charge >= 0.3 is 5.97 Å². The SMILES string of the molecule is CC(=O)Oc1ccccc1Oc1ccc(C(=O)N[C@@H]2C3CCN(CC3)[C@H]2C)cc1. The highest BCUT2D eigenvalue weighted by atomic mass is 16.6. The number of hydrogen-bond donors (Lipinski definition) is 1. The Balaban J connectivity index is 1.42. The van der Waals surface area contributed by atoms with Gasteiger partial charge in [-0.1, -0.05) is 12.1 Å². The van der Waals surface area contributed by atoms with Crippen molar-refractivity contribution >= 4 is 11.9 Å². The smallest absolute Gasteiger partial charge is 0.308 e. The molecule has 1 amide bonds. The Morgan fingerprint density at radius 3 is 2.28 bits per heavy atom. The van der Waals surface area contributed by atoms with Gasteiger partial charge in [-0.05, 0) is 75.2 Å². The van der Waals surface area contributed by atoms with Gasteiger partial charge in [0, 0.05) is 24.6 Å². The van der Waals surface area contributed by atoms with E-state index in [0.29, 0.717) is 34.8 Å². The number of ether oxygens (including phenoxy) is 2. The van der Waals surface area contributed by atoms with Crippen LogP contribution in [-0.2, 0) is 4.79 Å². The van der Waals surface area contributed by atoms with E-state index in [1.165, 1.54) is 6.92 Å². The van der Waals surface area contributed by atoms with Crippen molar-refractivity contribution in [3.63, 3.8) is 0 Å². The van der Waals surface area contributed by atoms with Crippen molar-refractivity contribution in [2.45, 2.75) is 38.8 Å². The first-order valence-corrected chi connectivity index (χ1v) is 10.1. The molecule has 3 aliphatic rings. The van der Waals surface area contributed by atoms with Crippen LogP contribution in [0.25, 0.3) is 0 Å². The van der Waals surface area contributed by atoms with Crippen molar-refractivity contribution < 1.29 is 19.1 Å². The lowest BCUT2D eigenvalue weighted by Gasteiger charge is -2.49. The number of fused-ring (bicyclic) bond motifs is 3. The lowest BCUT2D eigenvalue weighted by molar-refractivity contribution is -0.132. The zero-order valence-corrected chi connectivity index (χ0v) is 16.8. The molecule has 3 saturated heterocycles. The van der Waals surface area contributed by atoms with Gasteiger partial charge in [0.25, 0.3) is 5.91 Å². The number of nitrogens with zero attached hydrogens (tertiary/aromatic N) is 1. The first-order chi connectivity index (χ1) is 14.0. The molecular weight excluding hydrogens is 368 g/mol. The molecule has 0 aromatic heterocycles. The summed E-state index contributed by atoms with van der Waals surface area (Å²) in [6, 6.07) is 14.6. The Morgan fingerprint density at radius 2 is 1.66 bits per heavy atom. The zero-order valence-electron chi connectivity index (χ0n) is 16.8. The summed E-state index contributed by atoms with van der Waals surface area (Å²) in [7, 11) is 0. The van der Waals surface area contributed by atoms with Crippen molar-refractivity contribution in [1.29, 1.82) is 0 Å². The molecule has 0 unspecified atom stereocenters. The van der Waals surface area contributed by atoms with Gasteiger partial charge in [0.05, 0.1) is 0 Å². The van der Waals surface area contributed by atoms with Crippen LogP contribution in [0.15, 0.2) is 48.5 Å². The van der Waals surface area contributed by atoms with Gasteiger partial charge in [-0.25, -0.2) is 0 Å². The maximum atomic E-state index is 12.8. The Hall–Kier alpha value is -2.86. The van der Waals surface area contributed by atoms with Gasteiger partial charge in [0.1, 0.15) is 5.75 Å². The summed E-state index contributed by atoms with van der Waals surface area (Å²) in [6.45, 7) is 5.83. The van der Waals surface area contributed by atoms with Crippen LogP contribution in [0.1, 0.15) is 37.0 Å². The highest BCUT2D eigenvalue weighted by molar-refractivity contribution is 5.94. The van der Waals surface area contributed by atoms with E-state index in [1.807, 2.05) is 0 Å². The van der Waals surface area contributed by atoms with Crippen LogP contribution in [0.5, 0.6) is 17.2 Å². The maximum absolute atomic E-state index is 12.8. The van der Waals surface area contributed by atoms with Crippen LogP contribution in [0.3, 0.4) is 0 Å². The summed E-state index contributed by atoms with van der Waals surface area (Å²) >= 11 is 0. The van der Waals surface area contributed by atoms with Crippen molar-refractivity contribution in [2.24, 2.45) is 5.92 Å². The van der Waals surface area contributed by atoms with Crippen molar-refractivity contribution in [1.82, 2.24) is 10.2 Å². The molecule has 0 spiro atoms. The van der Waals surface area contributed by atoms with E-state index in [9.17, 15) is 9.59 Å². The molecule has 5 rings (SSSR count). The average Bonchev–Trinajstić information content (AvgIpc) is 2.72. The maximum Gasteiger partial charge on any atom is 0.308 e. The van der Waals surface area contributed by atoms with E-state index in [0.717, 1.165) is 25.9 Å². The lowest BCUT2D eigenvalue weighted by Crippen LogP contribution is -2.62. The Kier molecular flexibility index (Phi) is 5.53. The molecule has 2 bridgehead atoms. The van der Waals surface area contributed by atoms with E-state index in [4.69, 9.17) is 9.47 Å². The highest BCUT2D eigenvalue weighted by Crippen LogP contribution is 2.33. The second-order valence-corrected chi connectivity index (χ2v) is 7.78. The number of carbonyl (C=O) groups excluding carboxylic acids is 2. The minimum atomic E-state index is -0.407. The molecule has 0 saturated carbocycles. The van der Waals surface area contributed by atoms with Gasteiger partial charge in [0.2, 0.25) is 0 Å². The van der Waals surface area contributed by atoms with E-state index in [2.05, 4.69) is 17.1 Å². The number of esters is 1. The molecule has 6 heteroatoms. The molecule has 6 nitrogen and oxygen atoms in total. The fourth-order valence-corrected chi connectivity index (χ4v) is 4.35. The topological polar surface area (TPSA) is 67.9 Å². The number of piperidine rings is 3. The van der Waals surface area contributed by atoms with Crippen LogP contribution < -0.4 is 14.8 Å². The van der Waals surface area contributed by atoms with Crippen LogP contribution in [-0.4, -0.2) is 41.9 Å². The van der Waals surface area contributed by atoms with Crippen LogP contribution in [0, 0.1) is 5.92 Å². The Bertz CT molecular complexity index is 886. The van der Waals surface area contributed by atoms with E-state index in [-0.39, 0.29) is 11.9 Å². The summed E-state index contributed by atoms with van der Waals surface area (Å²) in [5.74, 6) is 1.48. The molecule has 29 heavy (non-hydrogen) atoms. The van der Waals surface area contributed by atoms with E-state index in [1.54, 1.807) is 48.5 Å². The molecule has 152 valence electrons. The number of para-hydroxylation sites is 2. The summed E-state index contributed by atoms with van der Waals surface area (Å²) in [5, 5.41) is 3.24. The van der Waals surface area contributed by atoms with Crippen LogP contribution in [0.2, 0.25) is 0 Å². The largest absolute Gasteiger partial charge is 0.453 e. The zero-order chi connectivity index (χ0) is 20.4. The van der Waals surface area contributed by atoms with E-state index < -0.39 is 5.97 Å². The van der Waals surface area contributed by atoms with Gasteiger partial charge < -0.3 is 14.8 Å². The standard InChI is InChI=1S/C23H26N2O4/c1-15-22(17-11-13-25(15)14-12-17)24-23(27)18-7-9-19(10-8-18)29-21-6-4-3-5-20(21)28-16(2)26/h3-10,15,17,22H,11-14H2,1-2H3,(H,24,27)/t15-,22-/m0/s1. The fraction of sp³-hybridized carbons (Fsp3) is 0.391. The predicted octanol–water partition coefficient (Wildman–Crippen LogP) is 3.62. The number of carbonyl (C=O) groups is 2. The quantitative estimate of drug-likeness (QED) is 0.620. The molecule has 3 aliphatic heterocycles. The summed E-state index contributed by atoms with van der Waals surface area (Å²) in [5.41, 5.74) is 0.606. The Labute approximate surface area is 170 Å². The van der Waals surface area contributed by atoms with Gasteiger partial charge in [-0.2, -0.15) is 0 Å². The van der Waals surface area contributed by atoms with E-state index >= 15 is 0 Å². The average molecular weight is 394 g/mol.